The highest BCUT2D eigenvalue weighted by atomic mass is 79.9. The van der Waals surface area contributed by atoms with E-state index in [9.17, 15) is 0 Å². The van der Waals surface area contributed by atoms with Gasteiger partial charge in [0, 0.05) is 29.3 Å². The van der Waals surface area contributed by atoms with Crippen molar-refractivity contribution in [2.45, 2.75) is 26.3 Å². The Hall–Kier alpha value is -1.05. The zero-order valence-electron chi connectivity index (χ0n) is 11.5. The standard InChI is InChI=1S/C15H20BrN3/c1-11-8-18-13(5-6-17)10-19(9-11)14-3-4-15(16)12(2)7-14/h3-4,7,11,13,18H,5,8-10H2,1-2H3. The molecule has 0 spiro atoms. The van der Waals surface area contributed by atoms with E-state index in [4.69, 9.17) is 5.26 Å². The summed E-state index contributed by atoms with van der Waals surface area (Å²) < 4.78 is 1.14. The molecule has 1 aliphatic rings. The first kappa shape index (κ1) is 14.4. The van der Waals surface area contributed by atoms with E-state index in [1.807, 2.05) is 0 Å². The van der Waals surface area contributed by atoms with Gasteiger partial charge in [-0.3, -0.25) is 0 Å². The Kier molecular flexibility index (Phi) is 4.84. The molecule has 1 heterocycles. The summed E-state index contributed by atoms with van der Waals surface area (Å²) in [6.45, 7) is 7.29. The van der Waals surface area contributed by atoms with Crippen LogP contribution in [0.5, 0.6) is 0 Å². The van der Waals surface area contributed by atoms with Crippen molar-refractivity contribution < 1.29 is 0 Å². The maximum Gasteiger partial charge on any atom is 0.0638 e. The van der Waals surface area contributed by atoms with Gasteiger partial charge in [-0.25, -0.2) is 0 Å². The zero-order valence-corrected chi connectivity index (χ0v) is 13.1. The van der Waals surface area contributed by atoms with Crippen LogP contribution in [0.2, 0.25) is 0 Å². The van der Waals surface area contributed by atoms with Gasteiger partial charge in [0.1, 0.15) is 0 Å². The SMILES string of the molecule is Cc1cc(N2CC(C)CNC(CC#N)C2)ccc1Br. The van der Waals surface area contributed by atoms with E-state index < -0.39 is 0 Å². The predicted molar refractivity (Wildman–Crippen MR) is 82.3 cm³/mol. The molecule has 2 rings (SSSR count). The lowest BCUT2D eigenvalue weighted by atomic mass is 10.1. The van der Waals surface area contributed by atoms with E-state index >= 15 is 0 Å². The second-order valence-electron chi connectivity index (χ2n) is 5.41. The minimum absolute atomic E-state index is 0.263. The van der Waals surface area contributed by atoms with E-state index in [1.54, 1.807) is 0 Å². The number of aryl methyl sites for hydroxylation is 1. The lowest BCUT2D eigenvalue weighted by Crippen LogP contribution is -2.37. The first-order chi connectivity index (χ1) is 9.10. The fourth-order valence-corrected chi connectivity index (χ4v) is 2.74. The molecule has 0 saturated carbocycles. The van der Waals surface area contributed by atoms with Crippen LogP contribution in [0, 0.1) is 24.2 Å². The first-order valence-corrected chi connectivity index (χ1v) is 7.51. The number of halogens is 1. The number of benzene rings is 1. The molecule has 19 heavy (non-hydrogen) atoms. The van der Waals surface area contributed by atoms with Gasteiger partial charge in [0.05, 0.1) is 12.5 Å². The van der Waals surface area contributed by atoms with Gasteiger partial charge in [-0.1, -0.05) is 22.9 Å². The van der Waals surface area contributed by atoms with Crippen molar-refractivity contribution in [2.24, 2.45) is 5.92 Å². The van der Waals surface area contributed by atoms with Crippen LogP contribution in [0.1, 0.15) is 18.9 Å². The molecule has 2 atom stereocenters. The summed E-state index contributed by atoms with van der Waals surface area (Å²) in [4.78, 5) is 2.39. The van der Waals surface area contributed by atoms with Crippen LogP contribution in [0.4, 0.5) is 5.69 Å². The summed E-state index contributed by atoms with van der Waals surface area (Å²) in [5.41, 5.74) is 2.50. The molecule has 1 aromatic carbocycles. The molecule has 0 radical (unpaired) electrons. The number of anilines is 1. The normalized spacial score (nSPS) is 23.8. The van der Waals surface area contributed by atoms with Crippen LogP contribution < -0.4 is 10.2 Å². The Morgan fingerprint density at radius 1 is 1.47 bits per heavy atom. The third-order valence-electron chi connectivity index (χ3n) is 3.57. The molecule has 1 N–H and O–H groups in total. The molecule has 1 aliphatic heterocycles. The molecular weight excluding hydrogens is 302 g/mol. The van der Waals surface area contributed by atoms with E-state index in [2.05, 4.69) is 64.3 Å². The third kappa shape index (κ3) is 3.71. The number of hydrogen-bond donors (Lipinski definition) is 1. The topological polar surface area (TPSA) is 39.1 Å². The number of nitrogens with zero attached hydrogens (tertiary/aromatic N) is 2. The number of hydrogen-bond acceptors (Lipinski definition) is 3. The van der Waals surface area contributed by atoms with Crippen LogP contribution in [-0.2, 0) is 0 Å². The van der Waals surface area contributed by atoms with Crippen molar-refractivity contribution >= 4 is 21.6 Å². The smallest absolute Gasteiger partial charge is 0.0638 e. The molecule has 0 aliphatic carbocycles. The van der Waals surface area contributed by atoms with E-state index in [0.717, 1.165) is 24.1 Å². The Morgan fingerprint density at radius 3 is 2.95 bits per heavy atom. The fourth-order valence-electron chi connectivity index (χ4n) is 2.50. The lowest BCUT2D eigenvalue weighted by Gasteiger charge is -2.27. The summed E-state index contributed by atoms with van der Waals surface area (Å²) in [6, 6.07) is 9.01. The summed E-state index contributed by atoms with van der Waals surface area (Å²) in [5, 5.41) is 12.4. The first-order valence-electron chi connectivity index (χ1n) is 6.71. The zero-order chi connectivity index (χ0) is 13.8. The Balaban J connectivity index is 2.20. The van der Waals surface area contributed by atoms with Crippen LogP contribution in [0.3, 0.4) is 0 Å². The van der Waals surface area contributed by atoms with Crippen LogP contribution in [0.25, 0.3) is 0 Å². The average Bonchev–Trinajstić information content (AvgIpc) is 2.56. The Labute approximate surface area is 123 Å². The molecule has 3 nitrogen and oxygen atoms in total. The highest BCUT2D eigenvalue weighted by Gasteiger charge is 2.21. The van der Waals surface area contributed by atoms with Crippen LogP contribution >= 0.6 is 15.9 Å². The van der Waals surface area contributed by atoms with Crippen molar-refractivity contribution in [3.63, 3.8) is 0 Å². The van der Waals surface area contributed by atoms with Crippen molar-refractivity contribution in [2.75, 3.05) is 24.5 Å². The van der Waals surface area contributed by atoms with Gasteiger partial charge >= 0.3 is 0 Å². The predicted octanol–water partition coefficient (Wildman–Crippen LogP) is 3.09. The third-order valence-corrected chi connectivity index (χ3v) is 4.46. The number of nitrogens with one attached hydrogen (secondary N) is 1. The molecule has 1 fully saturated rings. The molecule has 0 bridgehead atoms. The maximum absolute atomic E-state index is 8.90. The lowest BCUT2D eigenvalue weighted by molar-refractivity contribution is 0.509. The summed E-state index contributed by atoms with van der Waals surface area (Å²) in [7, 11) is 0. The summed E-state index contributed by atoms with van der Waals surface area (Å²) >= 11 is 3.54. The fraction of sp³-hybridized carbons (Fsp3) is 0.533. The molecule has 0 amide bonds. The quantitative estimate of drug-likeness (QED) is 0.909. The van der Waals surface area contributed by atoms with Gasteiger partial charge in [-0.2, -0.15) is 5.26 Å². The highest BCUT2D eigenvalue weighted by molar-refractivity contribution is 9.10. The van der Waals surface area contributed by atoms with E-state index in [0.29, 0.717) is 12.3 Å². The largest absolute Gasteiger partial charge is 0.370 e. The molecule has 0 aromatic heterocycles. The van der Waals surface area contributed by atoms with Crippen molar-refractivity contribution in [1.29, 1.82) is 5.26 Å². The van der Waals surface area contributed by atoms with E-state index in [-0.39, 0.29) is 6.04 Å². The minimum Gasteiger partial charge on any atom is -0.370 e. The Morgan fingerprint density at radius 2 is 2.26 bits per heavy atom. The van der Waals surface area contributed by atoms with Gasteiger partial charge in [-0.05, 0) is 43.1 Å². The summed E-state index contributed by atoms with van der Waals surface area (Å²) in [6.07, 6.45) is 0.568. The van der Waals surface area contributed by atoms with Gasteiger partial charge in [0.25, 0.3) is 0 Å². The van der Waals surface area contributed by atoms with E-state index in [1.165, 1.54) is 11.3 Å². The van der Waals surface area contributed by atoms with Gasteiger partial charge in [-0.15, -0.1) is 0 Å². The molecule has 1 aromatic rings. The molecule has 2 unspecified atom stereocenters. The second kappa shape index (κ2) is 6.40. The van der Waals surface area contributed by atoms with Crippen molar-refractivity contribution in [1.82, 2.24) is 5.32 Å². The molecule has 102 valence electrons. The minimum atomic E-state index is 0.263. The van der Waals surface area contributed by atoms with Crippen molar-refractivity contribution in [3.8, 4) is 6.07 Å². The molecular formula is C15H20BrN3. The summed E-state index contributed by atoms with van der Waals surface area (Å²) in [5.74, 6) is 0.590. The van der Waals surface area contributed by atoms with Crippen LogP contribution in [-0.4, -0.2) is 25.7 Å². The molecule has 4 heteroatoms. The van der Waals surface area contributed by atoms with Crippen LogP contribution in [0.15, 0.2) is 22.7 Å². The van der Waals surface area contributed by atoms with Gasteiger partial charge < -0.3 is 10.2 Å². The molecule has 1 saturated heterocycles. The van der Waals surface area contributed by atoms with Gasteiger partial charge in [0.15, 0.2) is 0 Å². The monoisotopic (exact) mass is 321 g/mol. The van der Waals surface area contributed by atoms with Gasteiger partial charge in [0.2, 0.25) is 0 Å². The second-order valence-corrected chi connectivity index (χ2v) is 6.27. The Bertz CT molecular complexity index is 481. The average molecular weight is 322 g/mol. The number of nitriles is 1. The highest BCUT2D eigenvalue weighted by Crippen LogP contribution is 2.24. The van der Waals surface area contributed by atoms with Crippen molar-refractivity contribution in [3.05, 3.63) is 28.2 Å². The number of rotatable bonds is 2. The maximum atomic E-state index is 8.90.